The van der Waals surface area contributed by atoms with Gasteiger partial charge in [-0.2, -0.15) is 0 Å². The molecule has 1 saturated carbocycles. The van der Waals surface area contributed by atoms with Crippen LogP contribution < -0.4 is 10.1 Å². The third-order valence-corrected chi connectivity index (χ3v) is 4.43. The van der Waals surface area contributed by atoms with Gasteiger partial charge in [0.25, 0.3) is 0 Å². The summed E-state index contributed by atoms with van der Waals surface area (Å²) in [4.78, 5) is 12.1. The van der Waals surface area contributed by atoms with E-state index in [1.165, 1.54) is 20.0 Å². The highest BCUT2D eigenvalue weighted by Crippen LogP contribution is 2.30. The Morgan fingerprint density at radius 2 is 2.05 bits per heavy atom. The van der Waals surface area contributed by atoms with Crippen molar-refractivity contribution < 1.29 is 14.3 Å². The molecule has 1 fully saturated rings. The van der Waals surface area contributed by atoms with E-state index in [9.17, 15) is 4.79 Å². The molecule has 110 valence electrons. The Morgan fingerprint density at radius 1 is 1.35 bits per heavy atom. The van der Waals surface area contributed by atoms with Gasteiger partial charge in [-0.1, -0.05) is 28.8 Å². The van der Waals surface area contributed by atoms with Crippen LogP contribution in [0.2, 0.25) is 0 Å². The molecule has 0 saturated heterocycles. The number of hydrogen-bond acceptors (Lipinski definition) is 4. The summed E-state index contributed by atoms with van der Waals surface area (Å²) in [5.74, 6) is 0.455. The van der Waals surface area contributed by atoms with Gasteiger partial charge in [0.15, 0.2) is 0 Å². The maximum absolute atomic E-state index is 12.1. The molecule has 1 atom stereocenters. The largest absolute Gasteiger partial charge is 0.497 e. The number of benzene rings is 1. The minimum Gasteiger partial charge on any atom is -0.497 e. The van der Waals surface area contributed by atoms with E-state index >= 15 is 0 Å². The summed E-state index contributed by atoms with van der Waals surface area (Å²) < 4.78 is 11.1. The summed E-state index contributed by atoms with van der Waals surface area (Å²) in [7, 11) is 3.03. The van der Waals surface area contributed by atoms with Crippen LogP contribution >= 0.6 is 15.9 Å². The van der Waals surface area contributed by atoms with Crippen molar-refractivity contribution >= 4 is 21.9 Å². The van der Waals surface area contributed by atoms with Crippen LogP contribution in [0.3, 0.4) is 0 Å². The molecule has 0 amide bonds. The predicted octanol–water partition coefficient (Wildman–Crippen LogP) is 3.20. The van der Waals surface area contributed by atoms with Crippen LogP contribution in [0, 0.1) is 0 Å². The monoisotopic (exact) mass is 341 g/mol. The van der Waals surface area contributed by atoms with Crippen LogP contribution in [0.5, 0.6) is 5.75 Å². The highest BCUT2D eigenvalue weighted by atomic mass is 79.9. The molecule has 5 heteroatoms. The average Bonchev–Trinajstić information content (AvgIpc) is 2.98. The fourth-order valence-corrected chi connectivity index (χ4v) is 3.08. The number of esters is 1. The molecule has 1 aliphatic rings. The smallest absolute Gasteiger partial charge is 0.327 e. The summed E-state index contributed by atoms with van der Waals surface area (Å²) in [5, 5.41) is 3.41. The Morgan fingerprint density at radius 3 is 2.65 bits per heavy atom. The molecule has 0 heterocycles. The van der Waals surface area contributed by atoms with Crippen LogP contribution in [0.1, 0.15) is 37.3 Å². The number of hydrogen-bond donors (Lipinski definition) is 1. The lowest BCUT2D eigenvalue weighted by Gasteiger charge is -2.22. The molecule has 1 N–H and O–H groups in total. The van der Waals surface area contributed by atoms with Crippen LogP contribution in [0.4, 0.5) is 0 Å². The number of ether oxygens (including phenoxy) is 2. The van der Waals surface area contributed by atoms with Gasteiger partial charge in [0.1, 0.15) is 11.8 Å². The number of carbonyl (C=O) groups excluding carboxylic acids is 1. The first-order valence-electron chi connectivity index (χ1n) is 6.83. The first-order chi connectivity index (χ1) is 9.65. The topological polar surface area (TPSA) is 47.6 Å². The third-order valence-electron chi connectivity index (χ3n) is 3.71. The van der Waals surface area contributed by atoms with Gasteiger partial charge in [0, 0.05) is 10.5 Å². The molecule has 0 aromatic heterocycles. The van der Waals surface area contributed by atoms with Crippen molar-refractivity contribution in [1.82, 2.24) is 5.32 Å². The highest BCUT2D eigenvalue weighted by molar-refractivity contribution is 9.10. The molecule has 1 aliphatic carbocycles. The SMILES string of the molecule is COC(=O)C(NC1CCCC1)c1cc(OC)ccc1Br. The Labute approximate surface area is 128 Å². The minimum atomic E-state index is -0.465. The van der Waals surface area contributed by atoms with Gasteiger partial charge in [0.05, 0.1) is 14.2 Å². The van der Waals surface area contributed by atoms with Crippen molar-refractivity contribution in [2.24, 2.45) is 0 Å². The predicted molar refractivity (Wildman–Crippen MR) is 80.8 cm³/mol. The summed E-state index contributed by atoms with van der Waals surface area (Å²) in [6.07, 6.45) is 4.64. The van der Waals surface area contributed by atoms with E-state index in [1.54, 1.807) is 7.11 Å². The molecule has 2 rings (SSSR count). The second kappa shape index (κ2) is 7.09. The molecular formula is C15H20BrNO3. The zero-order chi connectivity index (χ0) is 14.5. The number of methoxy groups -OCH3 is 2. The van der Waals surface area contributed by atoms with E-state index in [1.807, 2.05) is 18.2 Å². The van der Waals surface area contributed by atoms with E-state index in [0.29, 0.717) is 6.04 Å². The summed E-state index contributed by atoms with van der Waals surface area (Å²) in [6, 6.07) is 5.52. The van der Waals surface area contributed by atoms with Crippen LogP contribution in [-0.2, 0) is 9.53 Å². The standard InChI is InChI=1S/C15H20BrNO3/c1-19-11-7-8-13(16)12(9-11)14(15(18)20-2)17-10-5-3-4-6-10/h7-10,14,17H,3-6H2,1-2H3. The Bertz CT molecular complexity index is 472. The number of nitrogens with one attached hydrogen (secondary N) is 1. The van der Waals surface area contributed by atoms with Gasteiger partial charge in [-0.15, -0.1) is 0 Å². The Kier molecular flexibility index (Phi) is 5.43. The maximum atomic E-state index is 12.1. The maximum Gasteiger partial charge on any atom is 0.327 e. The average molecular weight is 342 g/mol. The molecule has 0 spiro atoms. The van der Waals surface area contributed by atoms with Crippen molar-refractivity contribution in [3.63, 3.8) is 0 Å². The van der Waals surface area contributed by atoms with Gasteiger partial charge in [0.2, 0.25) is 0 Å². The minimum absolute atomic E-state index is 0.272. The molecule has 20 heavy (non-hydrogen) atoms. The summed E-state index contributed by atoms with van der Waals surface area (Å²) >= 11 is 3.50. The van der Waals surface area contributed by atoms with Crippen molar-refractivity contribution in [1.29, 1.82) is 0 Å². The van der Waals surface area contributed by atoms with E-state index in [4.69, 9.17) is 9.47 Å². The molecular weight excluding hydrogens is 322 g/mol. The lowest BCUT2D eigenvalue weighted by atomic mass is 10.0. The Balaban J connectivity index is 2.27. The van der Waals surface area contributed by atoms with Gasteiger partial charge in [-0.25, -0.2) is 4.79 Å². The van der Waals surface area contributed by atoms with Crippen molar-refractivity contribution in [3.8, 4) is 5.75 Å². The molecule has 0 radical (unpaired) electrons. The molecule has 1 unspecified atom stereocenters. The Hall–Kier alpha value is -1.07. The number of halogens is 1. The van der Waals surface area contributed by atoms with Gasteiger partial charge in [-0.3, -0.25) is 5.32 Å². The normalized spacial score (nSPS) is 16.9. The zero-order valence-electron chi connectivity index (χ0n) is 11.8. The number of rotatable bonds is 5. The molecule has 1 aromatic rings. The lowest BCUT2D eigenvalue weighted by molar-refractivity contribution is -0.143. The second-order valence-electron chi connectivity index (χ2n) is 4.99. The second-order valence-corrected chi connectivity index (χ2v) is 5.85. The fourth-order valence-electron chi connectivity index (χ4n) is 2.60. The molecule has 0 aliphatic heterocycles. The highest BCUT2D eigenvalue weighted by Gasteiger charge is 2.28. The number of carbonyl (C=O) groups is 1. The van der Waals surface area contributed by atoms with Crippen molar-refractivity contribution in [3.05, 3.63) is 28.2 Å². The lowest BCUT2D eigenvalue weighted by Crippen LogP contribution is -2.36. The van der Waals surface area contributed by atoms with E-state index in [-0.39, 0.29) is 5.97 Å². The van der Waals surface area contributed by atoms with Crippen molar-refractivity contribution in [2.75, 3.05) is 14.2 Å². The summed E-state index contributed by atoms with van der Waals surface area (Å²) in [5.41, 5.74) is 0.850. The van der Waals surface area contributed by atoms with Crippen LogP contribution in [-0.4, -0.2) is 26.2 Å². The third kappa shape index (κ3) is 3.52. The molecule has 4 nitrogen and oxygen atoms in total. The first kappa shape index (κ1) is 15.3. The van der Waals surface area contributed by atoms with Crippen LogP contribution in [0.25, 0.3) is 0 Å². The quantitative estimate of drug-likeness (QED) is 0.835. The van der Waals surface area contributed by atoms with E-state index < -0.39 is 6.04 Å². The van der Waals surface area contributed by atoms with Crippen LogP contribution in [0.15, 0.2) is 22.7 Å². The first-order valence-corrected chi connectivity index (χ1v) is 7.62. The van der Waals surface area contributed by atoms with Gasteiger partial charge in [-0.05, 0) is 36.6 Å². The fraction of sp³-hybridized carbons (Fsp3) is 0.533. The summed E-state index contributed by atoms with van der Waals surface area (Å²) in [6.45, 7) is 0. The van der Waals surface area contributed by atoms with E-state index in [0.717, 1.165) is 28.6 Å². The molecule has 0 bridgehead atoms. The van der Waals surface area contributed by atoms with E-state index in [2.05, 4.69) is 21.2 Å². The zero-order valence-corrected chi connectivity index (χ0v) is 13.4. The van der Waals surface area contributed by atoms with Gasteiger partial charge >= 0.3 is 5.97 Å². The van der Waals surface area contributed by atoms with Gasteiger partial charge < -0.3 is 9.47 Å². The van der Waals surface area contributed by atoms with Crippen molar-refractivity contribution in [2.45, 2.75) is 37.8 Å². The molecule has 1 aromatic carbocycles.